The van der Waals surface area contributed by atoms with Gasteiger partial charge >= 0.3 is 0 Å². The fourth-order valence-electron chi connectivity index (χ4n) is 8.21. The van der Waals surface area contributed by atoms with Gasteiger partial charge in [0.05, 0.1) is 33.3 Å². The number of para-hydroxylation sites is 3. The van der Waals surface area contributed by atoms with Crippen molar-refractivity contribution in [2.45, 2.75) is 0 Å². The summed E-state index contributed by atoms with van der Waals surface area (Å²) in [6, 6.07) is 69.0. The minimum Gasteiger partial charge on any atom is -0.309 e. The average molecular weight is 689 g/mol. The number of rotatable bonds is 5. The molecule has 0 atom stereocenters. The van der Waals surface area contributed by atoms with Crippen LogP contribution in [0.15, 0.2) is 194 Å². The highest BCUT2D eigenvalue weighted by atomic mass is 15.0. The first-order valence-electron chi connectivity index (χ1n) is 18.3. The molecule has 4 heteroatoms. The molecule has 0 amide bonds. The Morgan fingerprint density at radius 1 is 0.296 bits per heavy atom. The molecule has 8 aromatic carbocycles. The summed E-state index contributed by atoms with van der Waals surface area (Å²) in [5.41, 5.74) is 13.1. The van der Waals surface area contributed by atoms with Crippen molar-refractivity contribution in [3.63, 3.8) is 0 Å². The maximum atomic E-state index is 5.26. The molecule has 0 spiro atoms. The normalized spacial score (nSPS) is 11.7. The van der Waals surface area contributed by atoms with Gasteiger partial charge in [0, 0.05) is 49.4 Å². The van der Waals surface area contributed by atoms with Gasteiger partial charge in [0.15, 0.2) is 5.82 Å². The van der Waals surface area contributed by atoms with Crippen molar-refractivity contribution >= 4 is 54.5 Å². The predicted molar refractivity (Wildman–Crippen MR) is 225 cm³/mol. The van der Waals surface area contributed by atoms with Gasteiger partial charge in [-0.2, -0.15) is 0 Å². The Bertz CT molecular complexity index is 3180. The van der Waals surface area contributed by atoms with Crippen LogP contribution in [0.1, 0.15) is 0 Å². The maximum Gasteiger partial charge on any atom is 0.160 e. The lowest BCUT2D eigenvalue weighted by Gasteiger charge is -2.13. The van der Waals surface area contributed by atoms with Crippen LogP contribution in [0.2, 0.25) is 0 Å². The van der Waals surface area contributed by atoms with Gasteiger partial charge in [-0.15, -0.1) is 0 Å². The predicted octanol–water partition coefficient (Wildman–Crippen LogP) is 12.8. The molecule has 0 saturated carbocycles. The van der Waals surface area contributed by atoms with Crippen LogP contribution in [-0.4, -0.2) is 19.1 Å². The number of aromatic nitrogens is 4. The van der Waals surface area contributed by atoms with Gasteiger partial charge in [-0.3, -0.25) is 0 Å². The molecule has 0 aliphatic heterocycles. The van der Waals surface area contributed by atoms with E-state index in [1.54, 1.807) is 0 Å². The molecule has 0 radical (unpaired) electrons. The SMILES string of the molecule is c1ccc(-c2ccc(-c3nc(-c4ccccc4)c4ccc(-n5c6ccccc6c6cc7c(cc65)c5ccccc5n7-c5ccccc5)cc4n3)cc2)cc1. The largest absolute Gasteiger partial charge is 0.309 e. The lowest BCUT2D eigenvalue weighted by Crippen LogP contribution is -1.98. The van der Waals surface area contributed by atoms with Crippen molar-refractivity contribution in [2.75, 3.05) is 0 Å². The fraction of sp³-hybridized carbons (Fsp3) is 0. The summed E-state index contributed by atoms with van der Waals surface area (Å²) in [5.74, 6) is 0.704. The second-order valence-electron chi connectivity index (χ2n) is 13.8. The Kier molecular flexibility index (Phi) is 6.82. The van der Waals surface area contributed by atoms with Crippen molar-refractivity contribution in [3.05, 3.63) is 194 Å². The average Bonchev–Trinajstić information content (AvgIpc) is 3.75. The molecule has 0 unspecified atom stereocenters. The molecule has 0 N–H and O–H groups in total. The summed E-state index contributed by atoms with van der Waals surface area (Å²) in [6.07, 6.45) is 0. The van der Waals surface area contributed by atoms with Crippen molar-refractivity contribution in [1.82, 2.24) is 19.1 Å². The van der Waals surface area contributed by atoms with Crippen LogP contribution >= 0.6 is 0 Å². The van der Waals surface area contributed by atoms with Gasteiger partial charge in [-0.1, -0.05) is 140 Å². The Balaban J connectivity index is 1.15. The summed E-state index contributed by atoms with van der Waals surface area (Å²) < 4.78 is 4.79. The third-order valence-electron chi connectivity index (χ3n) is 10.7. The number of benzene rings is 8. The lowest BCUT2D eigenvalue weighted by atomic mass is 10.0. The van der Waals surface area contributed by atoms with Gasteiger partial charge < -0.3 is 9.13 Å². The Morgan fingerprint density at radius 3 is 1.43 bits per heavy atom. The van der Waals surface area contributed by atoms with E-state index in [1.807, 2.05) is 12.1 Å². The molecule has 0 aliphatic carbocycles. The zero-order valence-corrected chi connectivity index (χ0v) is 29.3. The van der Waals surface area contributed by atoms with Crippen LogP contribution in [0.4, 0.5) is 0 Å². The molecular weight excluding hydrogens is 657 g/mol. The van der Waals surface area contributed by atoms with E-state index in [1.165, 1.54) is 38.1 Å². The zero-order valence-electron chi connectivity index (χ0n) is 29.3. The number of hydrogen-bond acceptors (Lipinski definition) is 2. The Hall–Kier alpha value is -7.30. The zero-order chi connectivity index (χ0) is 35.6. The van der Waals surface area contributed by atoms with E-state index in [9.17, 15) is 0 Å². The summed E-state index contributed by atoms with van der Waals surface area (Å²) in [7, 11) is 0. The van der Waals surface area contributed by atoms with Crippen LogP contribution in [0.5, 0.6) is 0 Å². The van der Waals surface area contributed by atoms with E-state index in [4.69, 9.17) is 9.97 Å². The smallest absolute Gasteiger partial charge is 0.160 e. The van der Waals surface area contributed by atoms with Gasteiger partial charge in [0.1, 0.15) is 0 Å². The molecule has 0 aliphatic rings. The Morgan fingerprint density at radius 2 is 0.796 bits per heavy atom. The van der Waals surface area contributed by atoms with E-state index < -0.39 is 0 Å². The van der Waals surface area contributed by atoms with E-state index in [-0.39, 0.29) is 0 Å². The first-order chi connectivity index (χ1) is 26.8. The molecule has 54 heavy (non-hydrogen) atoms. The molecule has 252 valence electrons. The number of hydrogen-bond donors (Lipinski definition) is 0. The topological polar surface area (TPSA) is 35.6 Å². The molecule has 0 bridgehead atoms. The van der Waals surface area contributed by atoms with Crippen LogP contribution in [0.3, 0.4) is 0 Å². The van der Waals surface area contributed by atoms with Gasteiger partial charge in [-0.05, 0) is 65.7 Å². The second-order valence-corrected chi connectivity index (χ2v) is 13.8. The van der Waals surface area contributed by atoms with Crippen LogP contribution in [-0.2, 0) is 0 Å². The highest BCUT2D eigenvalue weighted by molar-refractivity contribution is 6.19. The van der Waals surface area contributed by atoms with E-state index >= 15 is 0 Å². The van der Waals surface area contributed by atoms with Crippen molar-refractivity contribution < 1.29 is 0 Å². The minimum atomic E-state index is 0.704. The minimum absolute atomic E-state index is 0.704. The molecule has 11 rings (SSSR count). The van der Waals surface area contributed by atoms with E-state index in [0.717, 1.165) is 55.7 Å². The molecule has 0 fully saturated rings. The fourth-order valence-corrected chi connectivity index (χ4v) is 8.21. The lowest BCUT2D eigenvalue weighted by molar-refractivity contribution is 1.17. The molecule has 3 aromatic heterocycles. The van der Waals surface area contributed by atoms with Crippen molar-refractivity contribution in [2.24, 2.45) is 0 Å². The van der Waals surface area contributed by atoms with Crippen molar-refractivity contribution in [3.8, 4) is 45.1 Å². The molecule has 11 aromatic rings. The molecule has 0 saturated heterocycles. The first-order valence-corrected chi connectivity index (χ1v) is 18.3. The summed E-state index contributed by atoms with van der Waals surface area (Å²) in [5, 5.41) is 5.90. The number of fused-ring (bicyclic) bond motifs is 7. The first kappa shape index (κ1) is 30.3. The standard InChI is InChI=1S/C50H32N4/c1-4-14-33(15-5-1)34-24-26-36(27-25-34)50-51-44-30-38(28-29-41(44)49(52-50)35-16-6-2-7-17-35)54-46-23-13-11-21-40(46)43-31-47-42(32-48(43)54)39-20-10-12-22-45(39)53(47)37-18-8-3-9-19-37/h1-32H. The van der Waals surface area contributed by atoms with Crippen LogP contribution in [0.25, 0.3) is 99.7 Å². The Labute approximate surface area is 311 Å². The van der Waals surface area contributed by atoms with Gasteiger partial charge in [0.2, 0.25) is 0 Å². The number of nitrogens with zero attached hydrogens (tertiary/aromatic N) is 4. The molecular formula is C50H32N4. The van der Waals surface area contributed by atoms with Crippen LogP contribution in [0, 0.1) is 0 Å². The highest BCUT2D eigenvalue weighted by Crippen LogP contribution is 2.40. The quantitative estimate of drug-likeness (QED) is 0.180. The summed E-state index contributed by atoms with van der Waals surface area (Å²) in [6.45, 7) is 0. The highest BCUT2D eigenvalue weighted by Gasteiger charge is 2.19. The molecule has 3 heterocycles. The van der Waals surface area contributed by atoms with Gasteiger partial charge in [0.25, 0.3) is 0 Å². The summed E-state index contributed by atoms with van der Waals surface area (Å²) in [4.78, 5) is 10.5. The third-order valence-corrected chi connectivity index (χ3v) is 10.7. The maximum absolute atomic E-state index is 5.26. The van der Waals surface area contributed by atoms with Crippen LogP contribution < -0.4 is 0 Å². The summed E-state index contributed by atoms with van der Waals surface area (Å²) >= 11 is 0. The van der Waals surface area contributed by atoms with Crippen molar-refractivity contribution in [1.29, 1.82) is 0 Å². The second kappa shape index (κ2) is 12.1. The van der Waals surface area contributed by atoms with E-state index in [2.05, 4.69) is 191 Å². The third kappa shape index (κ3) is 4.78. The van der Waals surface area contributed by atoms with E-state index in [0.29, 0.717) is 5.82 Å². The molecule has 4 nitrogen and oxygen atoms in total. The van der Waals surface area contributed by atoms with Gasteiger partial charge in [-0.25, -0.2) is 9.97 Å². The monoisotopic (exact) mass is 688 g/mol.